The average Bonchev–Trinajstić information content (AvgIpc) is 2.12. The maximum atomic E-state index is 10.5. The first-order valence-corrected chi connectivity index (χ1v) is 3.00. The van der Waals surface area contributed by atoms with E-state index in [9.17, 15) is 4.79 Å². The van der Waals surface area contributed by atoms with Crippen LogP contribution in [-0.4, -0.2) is 12.1 Å². The molecule has 0 aromatic carbocycles. The van der Waals surface area contributed by atoms with E-state index in [2.05, 4.69) is 4.99 Å². The van der Waals surface area contributed by atoms with E-state index >= 15 is 0 Å². The van der Waals surface area contributed by atoms with Crippen molar-refractivity contribution in [1.82, 2.24) is 0 Å². The monoisotopic (exact) mass is 136 g/mol. The van der Waals surface area contributed by atoms with E-state index in [1.165, 1.54) is 0 Å². The van der Waals surface area contributed by atoms with Crippen LogP contribution in [0.25, 0.3) is 0 Å². The zero-order valence-electron chi connectivity index (χ0n) is 5.45. The maximum Gasteiger partial charge on any atom is 0.266 e. The van der Waals surface area contributed by atoms with Crippen LogP contribution in [0.5, 0.6) is 0 Å². The summed E-state index contributed by atoms with van der Waals surface area (Å²) in [4.78, 5) is 14.3. The number of amides is 1. The molecule has 1 aliphatic rings. The highest BCUT2D eigenvalue weighted by molar-refractivity contribution is 5.94. The van der Waals surface area contributed by atoms with Gasteiger partial charge in [0.15, 0.2) is 0 Å². The maximum absolute atomic E-state index is 10.5. The van der Waals surface area contributed by atoms with Crippen LogP contribution in [0, 0.1) is 0 Å². The Balaban J connectivity index is 2.78. The number of hydrogen-bond acceptors (Lipinski definition) is 2. The lowest BCUT2D eigenvalue weighted by Gasteiger charge is -1.89. The van der Waals surface area contributed by atoms with Gasteiger partial charge in [0.25, 0.3) is 5.91 Å². The van der Waals surface area contributed by atoms with Crippen molar-refractivity contribution in [3.8, 4) is 0 Å². The third-order valence-corrected chi connectivity index (χ3v) is 1.14. The molecule has 10 heavy (non-hydrogen) atoms. The van der Waals surface area contributed by atoms with Crippen molar-refractivity contribution in [3.63, 3.8) is 0 Å². The normalized spacial score (nSPS) is 16.2. The summed E-state index contributed by atoms with van der Waals surface area (Å²) >= 11 is 0. The zero-order valence-corrected chi connectivity index (χ0v) is 5.45. The van der Waals surface area contributed by atoms with Crippen LogP contribution in [0.2, 0.25) is 0 Å². The summed E-state index contributed by atoms with van der Waals surface area (Å²) < 4.78 is 0. The summed E-state index contributed by atoms with van der Waals surface area (Å²) in [7, 11) is 0. The number of rotatable bonds is 1. The number of primary amides is 1. The number of nitrogens with zero attached hydrogens (tertiary/aromatic N) is 1. The number of allylic oxidation sites excluding steroid dienone is 3. The number of hydrogen-bond donors (Lipinski definition) is 1. The van der Waals surface area contributed by atoms with E-state index in [0.717, 1.165) is 6.42 Å². The molecule has 1 aliphatic heterocycles. The Morgan fingerprint density at radius 2 is 2.50 bits per heavy atom. The highest BCUT2D eigenvalue weighted by Crippen LogP contribution is 2.00. The highest BCUT2D eigenvalue weighted by Gasteiger charge is 2.00. The van der Waals surface area contributed by atoms with Crippen molar-refractivity contribution in [2.24, 2.45) is 10.7 Å². The van der Waals surface area contributed by atoms with E-state index in [4.69, 9.17) is 5.73 Å². The second kappa shape index (κ2) is 2.96. The molecule has 0 spiro atoms. The van der Waals surface area contributed by atoms with Crippen molar-refractivity contribution in [2.45, 2.75) is 6.42 Å². The van der Waals surface area contributed by atoms with Crippen LogP contribution in [-0.2, 0) is 4.79 Å². The molecule has 0 atom stereocenters. The first-order chi connectivity index (χ1) is 4.80. The summed E-state index contributed by atoms with van der Waals surface area (Å²) in [5, 5.41) is 0. The summed E-state index contributed by atoms with van der Waals surface area (Å²) in [5.74, 6) is -0.472. The molecule has 1 amide bonds. The van der Waals surface area contributed by atoms with Gasteiger partial charge < -0.3 is 5.73 Å². The predicted octanol–water partition coefficient (Wildman–Crippen LogP) is 0.386. The van der Waals surface area contributed by atoms with E-state index in [1.807, 2.05) is 6.08 Å². The Kier molecular flexibility index (Phi) is 1.99. The van der Waals surface area contributed by atoms with Gasteiger partial charge in [0.05, 0.1) is 0 Å². The topological polar surface area (TPSA) is 55.5 Å². The molecule has 0 fully saturated rings. The molecule has 0 bridgehead atoms. The molecule has 0 aromatic rings. The molecule has 52 valence electrons. The van der Waals surface area contributed by atoms with Gasteiger partial charge in [-0.3, -0.25) is 9.79 Å². The molecule has 1 heterocycles. The lowest BCUT2D eigenvalue weighted by atomic mass is 10.3. The fourth-order valence-corrected chi connectivity index (χ4v) is 0.659. The van der Waals surface area contributed by atoms with Crippen LogP contribution in [0.4, 0.5) is 0 Å². The number of nitrogens with two attached hydrogens (primary N) is 1. The third kappa shape index (κ3) is 1.55. The van der Waals surface area contributed by atoms with Crippen LogP contribution < -0.4 is 5.73 Å². The molecule has 3 heteroatoms. The number of carbonyl (C=O) groups excluding carboxylic acids is 1. The second-order valence-electron chi connectivity index (χ2n) is 1.90. The Bertz CT molecular complexity index is 226. The molecule has 0 aromatic heterocycles. The van der Waals surface area contributed by atoms with Crippen LogP contribution in [0.15, 0.2) is 28.9 Å². The quantitative estimate of drug-likeness (QED) is 0.556. The van der Waals surface area contributed by atoms with Gasteiger partial charge in [-0.25, -0.2) is 0 Å². The molecule has 0 radical (unpaired) electrons. The lowest BCUT2D eigenvalue weighted by Crippen LogP contribution is -2.12. The molecule has 0 saturated heterocycles. The summed E-state index contributed by atoms with van der Waals surface area (Å²) in [6.45, 7) is 0. The molecule has 2 N–H and O–H groups in total. The minimum atomic E-state index is -0.472. The standard InChI is InChI=1S/C7H8N2O/c8-7(10)6-4-2-1-3-5-9-6/h1,3-5H,2H2,(H2,8,10). The van der Waals surface area contributed by atoms with Crippen molar-refractivity contribution < 1.29 is 4.79 Å². The van der Waals surface area contributed by atoms with E-state index in [1.54, 1.807) is 18.4 Å². The fraction of sp³-hybridized carbons (Fsp3) is 0.143. The summed E-state index contributed by atoms with van der Waals surface area (Å²) in [6, 6.07) is 0. The molecule has 0 aliphatic carbocycles. The summed E-state index contributed by atoms with van der Waals surface area (Å²) in [6.07, 6.45) is 7.66. The smallest absolute Gasteiger partial charge is 0.266 e. The average molecular weight is 136 g/mol. The molecule has 3 nitrogen and oxygen atoms in total. The molecular weight excluding hydrogens is 128 g/mol. The van der Waals surface area contributed by atoms with Gasteiger partial charge in [-0.1, -0.05) is 6.08 Å². The summed E-state index contributed by atoms with van der Waals surface area (Å²) in [5.41, 5.74) is 5.33. The Morgan fingerprint density at radius 1 is 1.70 bits per heavy atom. The predicted molar refractivity (Wildman–Crippen MR) is 39.5 cm³/mol. The Hall–Kier alpha value is -1.38. The Morgan fingerprint density at radius 3 is 3.20 bits per heavy atom. The van der Waals surface area contributed by atoms with Gasteiger partial charge in [-0.15, -0.1) is 0 Å². The van der Waals surface area contributed by atoms with Gasteiger partial charge in [0.2, 0.25) is 0 Å². The van der Waals surface area contributed by atoms with Gasteiger partial charge in [-0.2, -0.15) is 0 Å². The minimum Gasteiger partial charge on any atom is -0.364 e. The third-order valence-electron chi connectivity index (χ3n) is 1.14. The van der Waals surface area contributed by atoms with E-state index in [-0.39, 0.29) is 0 Å². The first-order valence-electron chi connectivity index (χ1n) is 3.00. The van der Waals surface area contributed by atoms with Gasteiger partial charge in [0.1, 0.15) is 5.70 Å². The van der Waals surface area contributed by atoms with Gasteiger partial charge >= 0.3 is 0 Å². The molecular formula is C7H8N2O. The minimum absolute atomic E-state index is 0.338. The van der Waals surface area contributed by atoms with Crippen LogP contribution in [0.1, 0.15) is 6.42 Å². The van der Waals surface area contributed by atoms with Crippen molar-refractivity contribution >= 4 is 12.1 Å². The first kappa shape index (κ1) is 6.74. The van der Waals surface area contributed by atoms with Gasteiger partial charge in [-0.05, 0) is 18.6 Å². The van der Waals surface area contributed by atoms with Crippen molar-refractivity contribution in [3.05, 3.63) is 23.9 Å². The highest BCUT2D eigenvalue weighted by atomic mass is 16.1. The molecule has 0 saturated carbocycles. The number of carbonyl (C=O) groups is 1. The van der Waals surface area contributed by atoms with E-state index in [0.29, 0.717) is 5.70 Å². The zero-order chi connectivity index (χ0) is 7.40. The van der Waals surface area contributed by atoms with Gasteiger partial charge in [0, 0.05) is 6.21 Å². The fourth-order valence-electron chi connectivity index (χ4n) is 0.659. The Labute approximate surface area is 58.9 Å². The van der Waals surface area contributed by atoms with E-state index < -0.39 is 5.91 Å². The SMILES string of the molecule is NC(=O)C1=CCC=CC=N1. The van der Waals surface area contributed by atoms with Crippen molar-refractivity contribution in [2.75, 3.05) is 0 Å². The largest absolute Gasteiger partial charge is 0.364 e. The van der Waals surface area contributed by atoms with Crippen LogP contribution >= 0.6 is 0 Å². The molecule has 1 rings (SSSR count). The van der Waals surface area contributed by atoms with Crippen LogP contribution in [0.3, 0.4) is 0 Å². The molecule has 0 unspecified atom stereocenters. The van der Waals surface area contributed by atoms with Crippen molar-refractivity contribution in [1.29, 1.82) is 0 Å². The lowest BCUT2D eigenvalue weighted by molar-refractivity contribution is -0.114. The second-order valence-corrected chi connectivity index (χ2v) is 1.90. The number of aliphatic imine (C=N–C) groups is 1.